The van der Waals surface area contributed by atoms with E-state index < -0.39 is 0 Å². The molecule has 1 amide bonds. The summed E-state index contributed by atoms with van der Waals surface area (Å²) in [5.41, 5.74) is 2.64. The van der Waals surface area contributed by atoms with Crippen molar-refractivity contribution >= 4 is 57.4 Å². The molecule has 0 bridgehead atoms. The number of piperazine rings is 1. The van der Waals surface area contributed by atoms with E-state index in [0.29, 0.717) is 59.0 Å². The standard InChI is InChI=1S/C30H34FN5O2S2/c1-3-4-5-6-7-14-35-29(38)25(40-30(35)39)19-24-27(32-26-13-8-21(2)20-36(26)28(24)37)34-17-15-33(16-18-34)23-11-9-22(31)10-12-23/h8-13,19-20H,3-7,14-18H2,1-2H3/b25-19+. The highest BCUT2D eigenvalue weighted by Crippen LogP contribution is 2.34. The smallest absolute Gasteiger partial charge is 0.267 e. The van der Waals surface area contributed by atoms with Crippen molar-refractivity contribution in [3.05, 3.63) is 74.8 Å². The van der Waals surface area contributed by atoms with Crippen LogP contribution in [-0.4, -0.2) is 57.2 Å². The zero-order valence-electron chi connectivity index (χ0n) is 22.9. The maximum absolute atomic E-state index is 13.8. The molecule has 40 heavy (non-hydrogen) atoms. The van der Waals surface area contributed by atoms with E-state index in [-0.39, 0.29) is 17.3 Å². The lowest BCUT2D eigenvalue weighted by Gasteiger charge is -2.37. The quantitative estimate of drug-likeness (QED) is 0.185. The van der Waals surface area contributed by atoms with Gasteiger partial charge in [0.25, 0.3) is 11.5 Å². The van der Waals surface area contributed by atoms with Gasteiger partial charge in [0.1, 0.15) is 21.6 Å². The molecular weight excluding hydrogens is 545 g/mol. The van der Waals surface area contributed by atoms with Crippen LogP contribution in [0.1, 0.15) is 50.2 Å². The van der Waals surface area contributed by atoms with E-state index in [9.17, 15) is 14.0 Å². The van der Waals surface area contributed by atoms with Crippen LogP contribution >= 0.6 is 24.0 Å². The summed E-state index contributed by atoms with van der Waals surface area (Å²) < 4.78 is 15.5. The van der Waals surface area contributed by atoms with Gasteiger partial charge in [-0.3, -0.25) is 18.9 Å². The van der Waals surface area contributed by atoms with E-state index in [1.807, 2.05) is 19.1 Å². The fourth-order valence-corrected chi connectivity index (χ4v) is 6.43. The van der Waals surface area contributed by atoms with Gasteiger partial charge in [0.15, 0.2) is 0 Å². The number of hydrogen-bond donors (Lipinski definition) is 0. The monoisotopic (exact) mass is 579 g/mol. The Morgan fingerprint density at radius 2 is 1.68 bits per heavy atom. The van der Waals surface area contributed by atoms with Gasteiger partial charge in [0.2, 0.25) is 0 Å². The second kappa shape index (κ2) is 12.5. The molecule has 5 rings (SSSR count). The number of thiocarbonyl (C=S) groups is 1. The summed E-state index contributed by atoms with van der Waals surface area (Å²) >= 11 is 6.80. The minimum Gasteiger partial charge on any atom is -0.368 e. The lowest BCUT2D eigenvalue weighted by atomic mass is 10.1. The number of fused-ring (bicyclic) bond motifs is 1. The Morgan fingerprint density at radius 1 is 0.975 bits per heavy atom. The Balaban J connectivity index is 1.43. The molecule has 2 saturated heterocycles. The first-order valence-electron chi connectivity index (χ1n) is 13.9. The van der Waals surface area contributed by atoms with Gasteiger partial charge in [-0.15, -0.1) is 0 Å². The van der Waals surface area contributed by atoms with Crippen molar-refractivity contribution in [2.75, 3.05) is 42.5 Å². The molecule has 0 unspecified atom stereocenters. The van der Waals surface area contributed by atoms with E-state index in [1.165, 1.54) is 36.7 Å². The third kappa shape index (κ3) is 6.07. The van der Waals surface area contributed by atoms with Crippen LogP contribution < -0.4 is 15.4 Å². The average Bonchev–Trinajstić information content (AvgIpc) is 3.22. The molecule has 4 heterocycles. The van der Waals surface area contributed by atoms with Crippen LogP contribution in [0.2, 0.25) is 0 Å². The minimum atomic E-state index is -0.259. The topological polar surface area (TPSA) is 61.2 Å². The van der Waals surface area contributed by atoms with Crippen LogP contribution in [0.5, 0.6) is 0 Å². The van der Waals surface area contributed by atoms with Crippen LogP contribution in [-0.2, 0) is 4.79 Å². The molecule has 3 aromatic rings. The number of amides is 1. The maximum Gasteiger partial charge on any atom is 0.267 e. The van der Waals surface area contributed by atoms with E-state index in [0.717, 1.165) is 30.5 Å². The molecule has 0 spiro atoms. The summed E-state index contributed by atoms with van der Waals surface area (Å²) in [5, 5.41) is 0. The van der Waals surface area contributed by atoms with Crippen LogP contribution in [0.4, 0.5) is 15.9 Å². The van der Waals surface area contributed by atoms with E-state index in [4.69, 9.17) is 17.2 Å². The lowest BCUT2D eigenvalue weighted by molar-refractivity contribution is -0.122. The van der Waals surface area contributed by atoms with Gasteiger partial charge in [-0.25, -0.2) is 9.37 Å². The fraction of sp³-hybridized carbons (Fsp3) is 0.400. The van der Waals surface area contributed by atoms with Crippen molar-refractivity contribution in [1.29, 1.82) is 0 Å². The molecule has 0 radical (unpaired) electrons. The molecule has 7 nitrogen and oxygen atoms in total. The first-order chi connectivity index (χ1) is 19.4. The predicted octanol–water partition coefficient (Wildman–Crippen LogP) is 5.64. The molecule has 0 N–H and O–H groups in total. The number of anilines is 2. The number of aromatic nitrogens is 2. The molecule has 0 aliphatic carbocycles. The van der Waals surface area contributed by atoms with E-state index >= 15 is 0 Å². The molecule has 1 aromatic carbocycles. The highest BCUT2D eigenvalue weighted by molar-refractivity contribution is 8.26. The van der Waals surface area contributed by atoms with Gasteiger partial charge in [0.05, 0.1) is 10.5 Å². The molecule has 2 fully saturated rings. The van der Waals surface area contributed by atoms with Crippen LogP contribution in [0.15, 0.2) is 52.3 Å². The number of hydrogen-bond acceptors (Lipinski definition) is 7. The Labute approximate surface area is 243 Å². The number of pyridine rings is 1. The molecule has 2 aliphatic rings. The summed E-state index contributed by atoms with van der Waals surface area (Å²) in [4.78, 5) is 38.5. The summed E-state index contributed by atoms with van der Waals surface area (Å²) in [6.45, 7) is 7.35. The van der Waals surface area contributed by atoms with E-state index in [1.54, 1.807) is 33.7 Å². The molecular formula is C30H34FN5O2S2. The highest BCUT2D eigenvalue weighted by atomic mass is 32.2. The Bertz CT molecular complexity index is 1500. The summed E-state index contributed by atoms with van der Waals surface area (Å²) in [5.74, 6) is 0.161. The van der Waals surface area contributed by atoms with Crippen molar-refractivity contribution in [2.24, 2.45) is 0 Å². The number of thioether (sulfide) groups is 1. The van der Waals surface area contributed by atoms with Gasteiger partial charge in [0, 0.05) is 44.6 Å². The normalized spacial score (nSPS) is 17.1. The minimum absolute atomic E-state index is 0.147. The number of benzene rings is 1. The SMILES string of the molecule is CCCCCCCN1C(=O)/C(=C\c2c(N3CCN(c4ccc(F)cc4)CC3)nc3ccc(C)cn3c2=O)SC1=S. The number of carbonyl (C=O) groups excluding carboxylic acids is 1. The zero-order chi connectivity index (χ0) is 28.2. The van der Waals surface area contributed by atoms with Gasteiger partial charge in [-0.05, 0) is 55.3 Å². The third-order valence-electron chi connectivity index (χ3n) is 7.39. The van der Waals surface area contributed by atoms with Crippen LogP contribution in [0, 0.1) is 12.7 Å². The van der Waals surface area contributed by atoms with Gasteiger partial charge in [-0.1, -0.05) is 62.7 Å². The van der Waals surface area contributed by atoms with Crippen LogP contribution in [0.3, 0.4) is 0 Å². The molecule has 0 saturated carbocycles. The van der Waals surface area contributed by atoms with Crippen LogP contribution in [0.25, 0.3) is 11.7 Å². The van der Waals surface area contributed by atoms with Crippen molar-refractivity contribution in [3.8, 4) is 0 Å². The molecule has 210 valence electrons. The van der Waals surface area contributed by atoms with Gasteiger partial charge in [-0.2, -0.15) is 0 Å². The number of aryl methyl sites for hydroxylation is 1. The first-order valence-corrected chi connectivity index (χ1v) is 15.1. The third-order valence-corrected chi connectivity index (χ3v) is 8.77. The summed E-state index contributed by atoms with van der Waals surface area (Å²) in [6, 6.07) is 10.3. The predicted molar refractivity (Wildman–Crippen MR) is 166 cm³/mol. The van der Waals surface area contributed by atoms with Crippen molar-refractivity contribution in [3.63, 3.8) is 0 Å². The molecule has 0 atom stereocenters. The van der Waals surface area contributed by atoms with E-state index in [2.05, 4.69) is 16.7 Å². The molecule has 2 aliphatic heterocycles. The Morgan fingerprint density at radius 3 is 2.40 bits per heavy atom. The van der Waals surface area contributed by atoms with Crippen molar-refractivity contribution in [2.45, 2.75) is 46.0 Å². The first kappa shape index (κ1) is 28.3. The maximum atomic E-state index is 13.8. The second-order valence-electron chi connectivity index (χ2n) is 10.3. The second-order valence-corrected chi connectivity index (χ2v) is 12.0. The number of unbranched alkanes of at least 4 members (excludes halogenated alkanes) is 4. The fourth-order valence-electron chi connectivity index (χ4n) is 5.14. The Hall–Kier alpha value is -3.24. The highest BCUT2D eigenvalue weighted by Gasteiger charge is 2.33. The lowest BCUT2D eigenvalue weighted by Crippen LogP contribution is -2.47. The zero-order valence-corrected chi connectivity index (χ0v) is 24.6. The van der Waals surface area contributed by atoms with Crippen molar-refractivity contribution in [1.82, 2.24) is 14.3 Å². The number of rotatable bonds is 9. The molecule has 10 heteroatoms. The van der Waals surface area contributed by atoms with Crippen molar-refractivity contribution < 1.29 is 9.18 Å². The summed E-state index contributed by atoms with van der Waals surface area (Å²) in [6.07, 6.45) is 8.94. The molecule has 2 aromatic heterocycles. The average molecular weight is 580 g/mol. The number of halogens is 1. The summed E-state index contributed by atoms with van der Waals surface area (Å²) in [7, 11) is 0. The number of nitrogens with zero attached hydrogens (tertiary/aromatic N) is 5. The van der Waals surface area contributed by atoms with Gasteiger partial charge >= 0.3 is 0 Å². The Kier molecular flexibility index (Phi) is 8.85. The number of carbonyl (C=O) groups is 1. The largest absolute Gasteiger partial charge is 0.368 e. The van der Waals surface area contributed by atoms with Gasteiger partial charge < -0.3 is 9.80 Å².